The summed E-state index contributed by atoms with van der Waals surface area (Å²) >= 11 is 0. The van der Waals surface area contributed by atoms with Crippen LogP contribution in [-0.2, 0) is 0 Å². The van der Waals surface area contributed by atoms with Gasteiger partial charge in [-0.3, -0.25) is 4.79 Å². The van der Waals surface area contributed by atoms with E-state index >= 15 is 0 Å². The number of benzene rings is 1. The highest BCUT2D eigenvalue weighted by atomic mass is 16.3. The second-order valence-electron chi connectivity index (χ2n) is 4.66. The van der Waals surface area contributed by atoms with Gasteiger partial charge in [0.2, 0.25) is 5.76 Å². The van der Waals surface area contributed by atoms with Crippen molar-refractivity contribution in [2.75, 3.05) is 17.3 Å². The molecular formula is C15H11N3O2. The Morgan fingerprint density at radius 2 is 2.05 bits per heavy atom. The number of anilines is 3. The lowest BCUT2D eigenvalue weighted by Gasteiger charge is -2.15. The van der Waals surface area contributed by atoms with Crippen LogP contribution in [0.4, 0.5) is 17.2 Å². The van der Waals surface area contributed by atoms with E-state index in [2.05, 4.69) is 10.3 Å². The lowest BCUT2D eigenvalue weighted by molar-refractivity contribution is 0.0970. The molecule has 1 amide bonds. The number of para-hydroxylation sites is 1. The summed E-state index contributed by atoms with van der Waals surface area (Å²) in [5, 5.41) is 4.10. The topological polar surface area (TPSA) is 58.4 Å². The second-order valence-corrected chi connectivity index (χ2v) is 4.66. The fourth-order valence-corrected chi connectivity index (χ4v) is 2.46. The van der Waals surface area contributed by atoms with Crippen LogP contribution in [0.25, 0.3) is 11.0 Å². The van der Waals surface area contributed by atoms with E-state index in [0.29, 0.717) is 22.8 Å². The normalized spacial score (nSPS) is 13.7. The van der Waals surface area contributed by atoms with Crippen LogP contribution >= 0.6 is 0 Å². The second kappa shape index (κ2) is 3.84. The number of nitrogens with one attached hydrogen (secondary N) is 1. The van der Waals surface area contributed by atoms with Gasteiger partial charge in [-0.25, -0.2) is 4.98 Å². The van der Waals surface area contributed by atoms with Gasteiger partial charge in [0.05, 0.1) is 5.69 Å². The Bertz CT molecular complexity index is 838. The van der Waals surface area contributed by atoms with E-state index in [9.17, 15) is 4.79 Å². The van der Waals surface area contributed by atoms with Crippen LogP contribution in [0.5, 0.6) is 0 Å². The quantitative estimate of drug-likeness (QED) is 0.678. The minimum absolute atomic E-state index is 0.185. The van der Waals surface area contributed by atoms with Crippen LogP contribution in [0.2, 0.25) is 0 Å². The molecule has 3 heterocycles. The zero-order valence-electron chi connectivity index (χ0n) is 10.8. The molecule has 1 aliphatic heterocycles. The lowest BCUT2D eigenvalue weighted by atomic mass is 10.2. The van der Waals surface area contributed by atoms with Gasteiger partial charge >= 0.3 is 0 Å². The number of fused-ring (bicyclic) bond motifs is 4. The fourth-order valence-electron chi connectivity index (χ4n) is 2.46. The van der Waals surface area contributed by atoms with Crippen molar-refractivity contribution >= 4 is 34.1 Å². The number of rotatable bonds is 0. The number of amides is 1. The number of carbonyl (C=O) groups excluding carboxylic acids is 1. The van der Waals surface area contributed by atoms with Crippen LogP contribution in [0.3, 0.4) is 0 Å². The standard InChI is InChI=1S/C15H11N3O2/c1-18-10-6-4-8-16-14(10)17-12-9-5-2-3-7-11(9)20-13(12)15(18)19/h2-8H,1H3,(H,16,17). The van der Waals surface area contributed by atoms with E-state index in [4.69, 9.17) is 4.42 Å². The Balaban J connectivity index is 2.04. The Hall–Kier alpha value is -2.82. The molecule has 0 radical (unpaired) electrons. The molecule has 0 spiro atoms. The summed E-state index contributed by atoms with van der Waals surface area (Å²) in [7, 11) is 1.72. The predicted octanol–water partition coefficient (Wildman–Crippen LogP) is 3.16. The summed E-state index contributed by atoms with van der Waals surface area (Å²) in [5.74, 6) is 0.774. The lowest BCUT2D eigenvalue weighted by Crippen LogP contribution is -2.25. The molecular weight excluding hydrogens is 254 g/mol. The first-order valence-corrected chi connectivity index (χ1v) is 6.27. The Morgan fingerprint density at radius 1 is 1.20 bits per heavy atom. The number of hydrogen-bond donors (Lipinski definition) is 1. The average Bonchev–Trinajstić information content (AvgIpc) is 2.81. The highest BCUT2D eigenvalue weighted by molar-refractivity contribution is 6.16. The van der Waals surface area contributed by atoms with Gasteiger partial charge in [0.1, 0.15) is 11.3 Å². The van der Waals surface area contributed by atoms with Crippen LogP contribution in [-0.4, -0.2) is 17.9 Å². The van der Waals surface area contributed by atoms with Gasteiger partial charge < -0.3 is 14.6 Å². The third kappa shape index (κ3) is 1.37. The maximum atomic E-state index is 12.5. The van der Waals surface area contributed by atoms with Gasteiger partial charge in [0, 0.05) is 18.6 Å². The van der Waals surface area contributed by atoms with E-state index in [1.807, 2.05) is 30.3 Å². The summed E-state index contributed by atoms with van der Waals surface area (Å²) in [4.78, 5) is 18.4. The first kappa shape index (κ1) is 11.0. The van der Waals surface area contributed by atoms with Gasteiger partial charge in [0.25, 0.3) is 5.91 Å². The zero-order chi connectivity index (χ0) is 13.7. The van der Waals surface area contributed by atoms with Crippen molar-refractivity contribution in [3.8, 4) is 0 Å². The smallest absolute Gasteiger partial charge is 0.296 e. The minimum atomic E-state index is -0.185. The van der Waals surface area contributed by atoms with E-state index in [-0.39, 0.29) is 5.91 Å². The number of nitrogens with zero attached hydrogens (tertiary/aromatic N) is 2. The third-order valence-corrected chi connectivity index (χ3v) is 3.49. The van der Waals surface area contributed by atoms with Gasteiger partial charge in [-0.15, -0.1) is 0 Å². The molecule has 0 saturated carbocycles. The Kier molecular flexibility index (Phi) is 2.12. The maximum absolute atomic E-state index is 12.5. The van der Waals surface area contributed by atoms with Crippen LogP contribution < -0.4 is 10.2 Å². The summed E-state index contributed by atoms with van der Waals surface area (Å²) in [6, 6.07) is 11.2. The maximum Gasteiger partial charge on any atom is 0.296 e. The highest BCUT2D eigenvalue weighted by Gasteiger charge is 2.29. The van der Waals surface area contributed by atoms with Crippen molar-refractivity contribution < 1.29 is 9.21 Å². The highest BCUT2D eigenvalue weighted by Crippen LogP contribution is 2.39. The molecule has 5 nitrogen and oxygen atoms in total. The molecule has 0 fully saturated rings. The van der Waals surface area contributed by atoms with Crippen LogP contribution in [0.1, 0.15) is 10.6 Å². The molecule has 1 aliphatic rings. The molecule has 3 aromatic rings. The molecule has 0 saturated heterocycles. The van der Waals surface area contributed by atoms with Gasteiger partial charge in [0.15, 0.2) is 5.82 Å². The number of carbonyl (C=O) groups is 1. The Labute approximate surface area is 114 Å². The molecule has 0 aliphatic carbocycles. The Morgan fingerprint density at radius 3 is 2.95 bits per heavy atom. The van der Waals surface area contributed by atoms with Crippen molar-refractivity contribution in [2.24, 2.45) is 0 Å². The van der Waals surface area contributed by atoms with Gasteiger partial charge in [-0.05, 0) is 24.3 Å². The van der Waals surface area contributed by atoms with Crippen molar-refractivity contribution in [3.63, 3.8) is 0 Å². The first-order valence-electron chi connectivity index (χ1n) is 6.27. The minimum Gasteiger partial charge on any atom is -0.449 e. The average molecular weight is 265 g/mol. The molecule has 0 bridgehead atoms. The van der Waals surface area contributed by atoms with Crippen molar-refractivity contribution in [1.29, 1.82) is 0 Å². The van der Waals surface area contributed by atoms with Crippen molar-refractivity contribution in [1.82, 2.24) is 4.98 Å². The van der Waals surface area contributed by atoms with Gasteiger partial charge in [-0.2, -0.15) is 0 Å². The molecule has 1 aromatic carbocycles. The van der Waals surface area contributed by atoms with E-state index in [1.165, 1.54) is 0 Å². The largest absolute Gasteiger partial charge is 0.449 e. The molecule has 0 unspecified atom stereocenters. The summed E-state index contributed by atoms with van der Waals surface area (Å²) < 4.78 is 5.70. The summed E-state index contributed by atoms with van der Waals surface area (Å²) in [6.45, 7) is 0. The third-order valence-electron chi connectivity index (χ3n) is 3.49. The van der Waals surface area contributed by atoms with Crippen molar-refractivity contribution in [2.45, 2.75) is 0 Å². The molecule has 0 atom stereocenters. The number of pyridine rings is 1. The molecule has 5 heteroatoms. The monoisotopic (exact) mass is 265 g/mol. The summed E-state index contributed by atoms with van der Waals surface area (Å²) in [5.41, 5.74) is 2.09. The number of aromatic nitrogens is 1. The van der Waals surface area contributed by atoms with E-state index in [1.54, 1.807) is 24.2 Å². The molecule has 1 N–H and O–H groups in total. The van der Waals surface area contributed by atoms with Crippen LogP contribution in [0.15, 0.2) is 47.0 Å². The zero-order valence-corrected chi connectivity index (χ0v) is 10.8. The van der Waals surface area contributed by atoms with Crippen LogP contribution in [0, 0.1) is 0 Å². The van der Waals surface area contributed by atoms with E-state index in [0.717, 1.165) is 11.1 Å². The van der Waals surface area contributed by atoms with Crippen molar-refractivity contribution in [3.05, 3.63) is 48.4 Å². The fraction of sp³-hybridized carbons (Fsp3) is 0.0667. The van der Waals surface area contributed by atoms with E-state index < -0.39 is 0 Å². The summed E-state index contributed by atoms with van der Waals surface area (Å²) in [6.07, 6.45) is 1.69. The molecule has 98 valence electrons. The first-order chi connectivity index (χ1) is 9.75. The number of hydrogen-bond acceptors (Lipinski definition) is 4. The van der Waals surface area contributed by atoms with Gasteiger partial charge in [-0.1, -0.05) is 12.1 Å². The predicted molar refractivity (Wildman–Crippen MR) is 76.5 cm³/mol. The molecule has 20 heavy (non-hydrogen) atoms. The SMILES string of the molecule is CN1C(=O)c2oc3ccccc3c2Nc2ncccc21. The molecule has 2 aromatic heterocycles. The molecule has 4 rings (SSSR count). The number of furan rings is 1.